The maximum absolute atomic E-state index is 11.8. The van der Waals surface area contributed by atoms with E-state index < -0.39 is 0 Å². The summed E-state index contributed by atoms with van der Waals surface area (Å²) in [6, 6.07) is 0. The molecule has 18 heavy (non-hydrogen) atoms. The third-order valence-electron chi connectivity index (χ3n) is 3.28. The number of hydrogen-bond donors (Lipinski definition) is 0. The SMILES string of the molecule is C[C@@]1(CCC=O)C=C(C(=O)OCCC=O)CCC1. The number of carbonyl (C=O) groups excluding carboxylic acids is 3. The smallest absolute Gasteiger partial charge is 0.333 e. The first-order chi connectivity index (χ1) is 8.61. The molecule has 1 aliphatic carbocycles. The Hall–Kier alpha value is -1.45. The summed E-state index contributed by atoms with van der Waals surface area (Å²) >= 11 is 0. The summed E-state index contributed by atoms with van der Waals surface area (Å²) in [5, 5.41) is 0. The molecule has 0 spiro atoms. The first-order valence-corrected chi connectivity index (χ1v) is 6.37. The van der Waals surface area contributed by atoms with Gasteiger partial charge in [0.15, 0.2) is 0 Å². The Morgan fingerprint density at radius 2 is 2.11 bits per heavy atom. The van der Waals surface area contributed by atoms with E-state index in [0.717, 1.165) is 38.3 Å². The molecule has 4 heteroatoms. The van der Waals surface area contributed by atoms with Crippen molar-refractivity contribution in [3.05, 3.63) is 11.6 Å². The summed E-state index contributed by atoms with van der Waals surface area (Å²) < 4.78 is 5.01. The molecule has 0 amide bonds. The van der Waals surface area contributed by atoms with E-state index in [1.54, 1.807) is 0 Å². The molecule has 0 saturated heterocycles. The lowest BCUT2D eigenvalue weighted by Crippen LogP contribution is -2.22. The van der Waals surface area contributed by atoms with Crippen molar-refractivity contribution in [1.29, 1.82) is 0 Å². The van der Waals surface area contributed by atoms with Crippen LogP contribution in [0.4, 0.5) is 0 Å². The van der Waals surface area contributed by atoms with Crippen molar-refractivity contribution >= 4 is 18.5 Å². The molecule has 0 unspecified atom stereocenters. The van der Waals surface area contributed by atoms with Crippen LogP contribution < -0.4 is 0 Å². The largest absolute Gasteiger partial charge is 0.462 e. The number of esters is 1. The van der Waals surface area contributed by atoms with Crippen LogP contribution in [-0.2, 0) is 19.1 Å². The molecule has 0 heterocycles. The summed E-state index contributed by atoms with van der Waals surface area (Å²) in [4.78, 5) is 32.3. The van der Waals surface area contributed by atoms with Crippen LogP contribution in [0.2, 0.25) is 0 Å². The van der Waals surface area contributed by atoms with Crippen LogP contribution in [0.1, 0.15) is 45.4 Å². The highest BCUT2D eigenvalue weighted by molar-refractivity contribution is 5.88. The summed E-state index contributed by atoms with van der Waals surface area (Å²) in [6.45, 7) is 2.21. The van der Waals surface area contributed by atoms with E-state index in [0.29, 0.717) is 12.0 Å². The Bertz CT molecular complexity index is 346. The second-order valence-corrected chi connectivity index (χ2v) is 4.97. The van der Waals surface area contributed by atoms with Crippen molar-refractivity contribution in [3.8, 4) is 0 Å². The standard InChI is InChI=1S/C14H20O4/c1-14(7-3-8-15)6-2-5-12(11-14)13(17)18-10-4-9-16/h8-9,11H,2-7,10H2,1H3/t14-/m1/s1. The minimum Gasteiger partial charge on any atom is -0.462 e. The molecule has 0 N–H and O–H groups in total. The zero-order valence-electron chi connectivity index (χ0n) is 10.8. The van der Waals surface area contributed by atoms with E-state index in [1.807, 2.05) is 6.08 Å². The number of hydrogen-bond acceptors (Lipinski definition) is 4. The van der Waals surface area contributed by atoms with Gasteiger partial charge in [-0.2, -0.15) is 0 Å². The second-order valence-electron chi connectivity index (χ2n) is 4.97. The number of aldehydes is 2. The monoisotopic (exact) mass is 252 g/mol. The maximum atomic E-state index is 11.8. The summed E-state index contributed by atoms with van der Waals surface area (Å²) in [7, 11) is 0. The van der Waals surface area contributed by atoms with Gasteiger partial charge in [0, 0.05) is 18.4 Å². The van der Waals surface area contributed by atoms with Crippen LogP contribution in [-0.4, -0.2) is 25.1 Å². The molecule has 0 fully saturated rings. The minimum absolute atomic E-state index is 0.0851. The highest BCUT2D eigenvalue weighted by Crippen LogP contribution is 2.37. The summed E-state index contributed by atoms with van der Waals surface area (Å²) in [5.41, 5.74) is 0.596. The molecule has 0 aromatic rings. The molecule has 0 bridgehead atoms. The Morgan fingerprint density at radius 3 is 2.78 bits per heavy atom. The lowest BCUT2D eigenvalue weighted by Gasteiger charge is -2.30. The molecule has 0 saturated carbocycles. The van der Waals surface area contributed by atoms with Gasteiger partial charge in [-0.05, 0) is 31.1 Å². The van der Waals surface area contributed by atoms with Gasteiger partial charge in [0.25, 0.3) is 0 Å². The molecule has 0 radical (unpaired) electrons. The van der Waals surface area contributed by atoms with Crippen LogP contribution in [0.25, 0.3) is 0 Å². The predicted octanol–water partition coefficient (Wildman–Crippen LogP) is 2.21. The van der Waals surface area contributed by atoms with Crippen LogP contribution in [0, 0.1) is 5.41 Å². The Morgan fingerprint density at radius 1 is 1.39 bits per heavy atom. The quantitative estimate of drug-likeness (QED) is 0.396. The molecule has 1 rings (SSSR count). The van der Waals surface area contributed by atoms with Crippen molar-refractivity contribution in [1.82, 2.24) is 0 Å². The maximum Gasteiger partial charge on any atom is 0.333 e. The molecule has 1 aliphatic rings. The van der Waals surface area contributed by atoms with Crippen LogP contribution in [0.5, 0.6) is 0 Å². The molecular formula is C14H20O4. The van der Waals surface area contributed by atoms with Crippen molar-refractivity contribution < 1.29 is 19.1 Å². The minimum atomic E-state index is -0.325. The van der Waals surface area contributed by atoms with E-state index >= 15 is 0 Å². The fraction of sp³-hybridized carbons (Fsp3) is 0.643. The third kappa shape index (κ3) is 4.43. The molecule has 4 nitrogen and oxygen atoms in total. The van der Waals surface area contributed by atoms with Crippen LogP contribution in [0.3, 0.4) is 0 Å². The van der Waals surface area contributed by atoms with Gasteiger partial charge in [-0.15, -0.1) is 0 Å². The van der Waals surface area contributed by atoms with Crippen LogP contribution in [0.15, 0.2) is 11.6 Å². The lowest BCUT2D eigenvalue weighted by molar-refractivity contribution is -0.139. The molecule has 1 atom stereocenters. The fourth-order valence-electron chi connectivity index (χ4n) is 2.29. The first-order valence-electron chi connectivity index (χ1n) is 6.37. The predicted molar refractivity (Wildman–Crippen MR) is 67.0 cm³/mol. The zero-order valence-corrected chi connectivity index (χ0v) is 10.8. The number of rotatable bonds is 7. The van der Waals surface area contributed by atoms with Gasteiger partial charge in [-0.3, -0.25) is 0 Å². The van der Waals surface area contributed by atoms with Crippen molar-refractivity contribution in [3.63, 3.8) is 0 Å². The highest BCUT2D eigenvalue weighted by Gasteiger charge is 2.28. The molecule has 0 aliphatic heterocycles. The summed E-state index contributed by atoms with van der Waals surface area (Å²) in [6.07, 6.45) is 7.76. The van der Waals surface area contributed by atoms with Crippen LogP contribution >= 0.6 is 0 Å². The Balaban J connectivity index is 2.60. The van der Waals surface area contributed by atoms with Gasteiger partial charge in [-0.1, -0.05) is 13.0 Å². The van der Waals surface area contributed by atoms with E-state index in [4.69, 9.17) is 4.74 Å². The highest BCUT2D eigenvalue weighted by atomic mass is 16.5. The molecule has 0 aromatic heterocycles. The lowest BCUT2D eigenvalue weighted by atomic mass is 9.75. The zero-order chi connectivity index (χ0) is 13.4. The van der Waals surface area contributed by atoms with Crippen molar-refractivity contribution in [2.75, 3.05) is 6.61 Å². The van der Waals surface area contributed by atoms with Crippen molar-refractivity contribution in [2.45, 2.75) is 45.4 Å². The van der Waals surface area contributed by atoms with E-state index in [-0.39, 0.29) is 24.4 Å². The Labute approximate surface area is 107 Å². The molecule has 100 valence electrons. The summed E-state index contributed by atoms with van der Waals surface area (Å²) in [5.74, 6) is -0.325. The van der Waals surface area contributed by atoms with Gasteiger partial charge in [-0.25, -0.2) is 4.79 Å². The number of allylic oxidation sites excluding steroid dienone is 1. The van der Waals surface area contributed by atoms with Crippen molar-refractivity contribution in [2.24, 2.45) is 5.41 Å². The third-order valence-corrected chi connectivity index (χ3v) is 3.28. The second kappa shape index (κ2) is 7.09. The van der Waals surface area contributed by atoms with E-state index in [1.165, 1.54) is 0 Å². The van der Waals surface area contributed by atoms with Gasteiger partial charge in [0.2, 0.25) is 0 Å². The number of ether oxygens (including phenoxy) is 1. The normalized spacial score (nSPS) is 23.1. The number of carbonyl (C=O) groups is 3. The van der Waals surface area contributed by atoms with Gasteiger partial charge in [0.1, 0.15) is 12.6 Å². The molecule has 0 aromatic carbocycles. The Kier molecular flexibility index (Phi) is 5.75. The van der Waals surface area contributed by atoms with Gasteiger partial charge in [0.05, 0.1) is 6.61 Å². The average molecular weight is 252 g/mol. The average Bonchev–Trinajstić information content (AvgIpc) is 2.37. The van der Waals surface area contributed by atoms with E-state index in [2.05, 4.69) is 6.92 Å². The fourth-order valence-corrected chi connectivity index (χ4v) is 2.29. The van der Waals surface area contributed by atoms with Gasteiger partial charge >= 0.3 is 5.97 Å². The topological polar surface area (TPSA) is 60.4 Å². The first kappa shape index (κ1) is 14.6. The van der Waals surface area contributed by atoms with Gasteiger partial charge < -0.3 is 14.3 Å². The van der Waals surface area contributed by atoms with E-state index in [9.17, 15) is 14.4 Å². The molecular weight excluding hydrogens is 232 g/mol.